The molecule has 19 heavy (non-hydrogen) atoms. The molecule has 0 radical (unpaired) electrons. The van der Waals surface area contributed by atoms with E-state index in [1.807, 2.05) is 4.40 Å². The second kappa shape index (κ2) is 3.74. The number of nitrogens with one attached hydrogen (secondary N) is 2. The number of imidazole rings is 1. The van der Waals surface area contributed by atoms with Crippen molar-refractivity contribution in [3.05, 3.63) is 18.5 Å². The van der Waals surface area contributed by atoms with E-state index in [1.54, 1.807) is 12.7 Å². The van der Waals surface area contributed by atoms with Gasteiger partial charge in [-0.15, -0.1) is 10.2 Å². The molecule has 3 aromatic heterocycles. The second-order valence-corrected chi connectivity index (χ2v) is 5.03. The lowest BCUT2D eigenvalue weighted by molar-refractivity contribution is 0.349. The maximum absolute atomic E-state index is 4.41. The maximum atomic E-state index is 4.41. The first-order valence-corrected chi connectivity index (χ1v) is 6.62. The zero-order valence-corrected chi connectivity index (χ0v) is 10.7. The van der Waals surface area contributed by atoms with Crippen LogP contribution in [0, 0.1) is 0 Å². The van der Waals surface area contributed by atoms with Crippen molar-refractivity contribution in [2.24, 2.45) is 0 Å². The fourth-order valence-electron chi connectivity index (χ4n) is 3.02. The highest BCUT2D eigenvalue weighted by atomic mass is 15.3. The van der Waals surface area contributed by atoms with Crippen molar-refractivity contribution in [2.75, 3.05) is 6.54 Å². The van der Waals surface area contributed by atoms with Crippen molar-refractivity contribution in [2.45, 2.75) is 31.7 Å². The Morgan fingerprint density at radius 3 is 3.11 bits per heavy atom. The molecule has 1 aliphatic rings. The number of fused-ring (bicyclic) bond motifs is 3. The minimum atomic E-state index is -0.0746. The summed E-state index contributed by atoms with van der Waals surface area (Å²) < 4.78 is 1.97. The first-order chi connectivity index (χ1) is 9.34. The third kappa shape index (κ3) is 1.36. The van der Waals surface area contributed by atoms with Crippen molar-refractivity contribution in [3.8, 4) is 0 Å². The van der Waals surface area contributed by atoms with E-state index in [4.69, 9.17) is 0 Å². The van der Waals surface area contributed by atoms with Crippen molar-refractivity contribution in [1.82, 2.24) is 34.9 Å². The molecule has 2 N–H and O–H groups in total. The molecule has 3 aromatic rings. The zero-order valence-electron chi connectivity index (χ0n) is 10.7. The minimum Gasteiger partial charge on any atom is -0.340 e. The highest BCUT2D eigenvalue weighted by Crippen LogP contribution is 2.33. The van der Waals surface area contributed by atoms with E-state index in [0.29, 0.717) is 5.65 Å². The molecule has 1 atom stereocenters. The monoisotopic (exact) mass is 257 g/mol. The van der Waals surface area contributed by atoms with Crippen LogP contribution in [0.3, 0.4) is 0 Å². The van der Waals surface area contributed by atoms with Gasteiger partial charge in [-0.2, -0.15) is 0 Å². The van der Waals surface area contributed by atoms with E-state index < -0.39 is 0 Å². The molecule has 0 aromatic carbocycles. The number of hydrogen-bond donors (Lipinski definition) is 2. The molecular weight excluding hydrogens is 242 g/mol. The molecule has 1 saturated heterocycles. The average molecular weight is 257 g/mol. The number of aromatic amines is 1. The van der Waals surface area contributed by atoms with Gasteiger partial charge in [0.1, 0.15) is 11.8 Å². The standard InChI is InChI=1S/C12H15N7/c1-2-12(4-3-5-16-12)11-18-17-10-8-9(14-6-13-8)15-7-19(10)11/h6-7,16H,2-5H2,1H3,(H,13,14). The highest BCUT2D eigenvalue weighted by Gasteiger charge is 2.38. The van der Waals surface area contributed by atoms with E-state index >= 15 is 0 Å². The summed E-state index contributed by atoms with van der Waals surface area (Å²) in [4.78, 5) is 11.6. The molecule has 98 valence electrons. The molecule has 0 amide bonds. The van der Waals surface area contributed by atoms with Gasteiger partial charge in [0.05, 0.1) is 11.9 Å². The van der Waals surface area contributed by atoms with Gasteiger partial charge in [-0.1, -0.05) is 6.92 Å². The quantitative estimate of drug-likeness (QED) is 0.715. The van der Waals surface area contributed by atoms with Crippen LogP contribution in [0.5, 0.6) is 0 Å². The van der Waals surface area contributed by atoms with Gasteiger partial charge < -0.3 is 10.3 Å². The predicted molar refractivity (Wildman–Crippen MR) is 69.6 cm³/mol. The number of aromatic nitrogens is 6. The van der Waals surface area contributed by atoms with E-state index in [1.165, 1.54) is 6.42 Å². The summed E-state index contributed by atoms with van der Waals surface area (Å²) in [6.45, 7) is 3.21. The smallest absolute Gasteiger partial charge is 0.189 e. The van der Waals surface area contributed by atoms with Crippen molar-refractivity contribution in [1.29, 1.82) is 0 Å². The lowest BCUT2D eigenvalue weighted by atomic mass is 9.93. The van der Waals surface area contributed by atoms with Gasteiger partial charge in [-0.25, -0.2) is 9.97 Å². The van der Waals surface area contributed by atoms with E-state index in [-0.39, 0.29) is 5.54 Å². The number of rotatable bonds is 2. The average Bonchev–Trinajstić information content (AvgIpc) is 3.16. The maximum Gasteiger partial charge on any atom is 0.189 e. The summed E-state index contributed by atoms with van der Waals surface area (Å²) >= 11 is 0. The predicted octanol–water partition coefficient (Wildman–Crippen LogP) is 0.989. The summed E-state index contributed by atoms with van der Waals surface area (Å²) in [7, 11) is 0. The number of H-pyrrole nitrogens is 1. The normalized spacial score (nSPS) is 23.6. The fraction of sp³-hybridized carbons (Fsp3) is 0.500. The Balaban J connectivity index is 2.00. The van der Waals surface area contributed by atoms with Gasteiger partial charge in [0, 0.05) is 0 Å². The lowest BCUT2D eigenvalue weighted by Gasteiger charge is -2.25. The van der Waals surface area contributed by atoms with Crippen LogP contribution < -0.4 is 5.32 Å². The summed E-state index contributed by atoms with van der Waals surface area (Å²) in [5.41, 5.74) is 2.23. The van der Waals surface area contributed by atoms with E-state index in [9.17, 15) is 0 Å². The Kier molecular flexibility index (Phi) is 2.14. The van der Waals surface area contributed by atoms with Crippen LogP contribution in [0.4, 0.5) is 0 Å². The van der Waals surface area contributed by atoms with Gasteiger partial charge in [0.15, 0.2) is 17.1 Å². The number of nitrogens with zero attached hydrogens (tertiary/aromatic N) is 5. The van der Waals surface area contributed by atoms with Crippen molar-refractivity contribution < 1.29 is 0 Å². The molecule has 0 spiro atoms. The molecule has 0 aliphatic carbocycles. The molecule has 7 heteroatoms. The van der Waals surface area contributed by atoms with Gasteiger partial charge in [0.2, 0.25) is 0 Å². The minimum absolute atomic E-state index is 0.0746. The topological polar surface area (TPSA) is 83.8 Å². The molecule has 0 bridgehead atoms. The van der Waals surface area contributed by atoms with Crippen LogP contribution in [0.25, 0.3) is 16.8 Å². The highest BCUT2D eigenvalue weighted by molar-refractivity contribution is 5.84. The van der Waals surface area contributed by atoms with Crippen LogP contribution in [0.1, 0.15) is 32.0 Å². The SMILES string of the molecule is CCC1(c2nnc3c4[nH]cnc4ncn23)CCCN1. The summed E-state index contributed by atoms with van der Waals surface area (Å²) in [5, 5.41) is 12.3. The van der Waals surface area contributed by atoms with Crippen molar-refractivity contribution in [3.63, 3.8) is 0 Å². The zero-order chi connectivity index (χ0) is 12.9. The Hall–Kier alpha value is -2.02. The molecule has 1 unspecified atom stereocenters. The molecule has 1 aliphatic heterocycles. The van der Waals surface area contributed by atoms with Crippen LogP contribution in [-0.4, -0.2) is 36.1 Å². The van der Waals surface area contributed by atoms with Gasteiger partial charge in [-0.3, -0.25) is 4.40 Å². The van der Waals surface area contributed by atoms with Crippen LogP contribution in [0.15, 0.2) is 12.7 Å². The second-order valence-electron chi connectivity index (χ2n) is 5.03. The summed E-state index contributed by atoms with van der Waals surface area (Å²) in [6.07, 6.45) is 6.66. The molecule has 4 rings (SSSR count). The fourth-order valence-corrected chi connectivity index (χ4v) is 3.02. The summed E-state index contributed by atoms with van der Waals surface area (Å²) in [5.74, 6) is 0.950. The van der Waals surface area contributed by atoms with Crippen LogP contribution in [0.2, 0.25) is 0 Å². The third-order valence-corrected chi connectivity index (χ3v) is 4.11. The van der Waals surface area contributed by atoms with Gasteiger partial charge >= 0.3 is 0 Å². The van der Waals surface area contributed by atoms with Crippen LogP contribution in [-0.2, 0) is 5.54 Å². The largest absolute Gasteiger partial charge is 0.340 e. The molecule has 7 nitrogen and oxygen atoms in total. The van der Waals surface area contributed by atoms with Gasteiger partial charge in [0.25, 0.3) is 0 Å². The Morgan fingerprint density at radius 2 is 2.32 bits per heavy atom. The Morgan fingerprint density at radius 1 is 1.37 bits per heavy atom. The van der Waals surface area contributed by atoms with Gasteiger partial charge in [-0.05, 0) is 25.8 Å². The van der Waals surface area contributed by atoms with E-state index in [2.05, 4.69) is 37.4 Å². The molecule has 0 saturated carbocycles. The number of hydrogen-bond acceptors (Lipinski definition) is 5. The first-order valence-electron chi connectivity index (χ1n) is 6.62. The van der Waals surface area contributed by atoms with E-state index in [0.717, 1.165) is 36.4 Å². The lowest BCUT2D eigenvalue weighted by Crippen LogP contribution is -2.38. The Bertz CT molecular complexity index is 735. The molecular formula is C12H15N7. The Labute approximate surface area is 109 Å². The molecule has 1 fully saturated rings. The van der Waals surface area contributed by atoms with Crippen molar-refractivity contribution >= 4 is 16.8 Å². The third-order valence-electron chi connectivity index (χ3n) is 4.11. The summed E-state index contributed by atoms with van der Waals surface area (Å²) in [6, 6.07) is 0. The van der Waals surface area contributed by atoms with Crippen LogP contribution >= 0.6 is 0 Å². The first kappa shape index (κ1) is 10.9. The molecule has 4 heterocycles.